The Bertz CT molecular complexity index is 1380. The number of amides is 2. The van der Waals surface area contributed by atoms with Crippen LogP contribution in [0.4, 0.5) is 10.1 Å². The van der Waals surface area contributed by atoms with Gasteiger partial charge in [0.1, 0.15) is 18.4 Å². The first kappa shape index (κ1) is 29.8. The second-order valence-corrected chi connectivity index (χ2v) is 11.7. The molecular weight excluding hydrogens is 517 g/mol. The molecule has 3 aromatic rings. The average molecular weight is 554 g/mol. The molecule has 3 aromatic carbocycles. The summed E-state index contributed by atoms with van der Waals surface area (Å²) in [6.07, 6.45) is 1.88. The molecule has 0 spiro atoms. The van der Waals surface area contributed by atoms with Crippen molar-refractivity contribution < 1.29 is 22.4 Å². The van der Waals surface area contributed by atoms with Gasteiger partial charge in [-0.3, -0.25) is 13.9 Å². The summed E-state index contributed by atoms with van der Waals surface area (Å²) in [7, 11) is -3.86. The van der Waals surface area contributed by atoms with Crippen molar-refractivity contribution in [1.82, 2.24) is 10.2 Å². The highest BCUT2D eigenvalue weighted by molar-refractivity contribution is 7.92. The van der Waals surface area contributed by atoms with E-state index in [1.807, 2.05) is 57.2 Å². The molecule has 0 heterocycles. The van der Waals surface area contributed by atoms with Gasteiger partial charge in [-0.2, -0.15) is 0 Å². The van der Waals surface area contributed by atoms with E-state index in [0.29, 0.717) is 12.1 Å². The van der Waals surface area contributed by atoms with Crippen LogP contribution in [0.5, 0.6) is 0 Å². The third-order valence-corrected chi connectivity index (χ3v) is 7.68. The molecule has 0 radical (unpaired) electrons. The predicted octanol–water partition coefficient (Wildman–Crippen LogP) is 4.45. The Balaban J connectivity index is 2.07. The second-order valence-electron chi connectivity index (χ2n) is 9.75. The number of halogens is 1. The van der Waals surface area contributed by atoms with Crippen molar-refractivity contribution >= 4 is 27.5 Å². The summed E-state index contributed by atoms with van der Waals surface area (Å²) < 4.78 is 41.4. The van der Waals surface area contributed by atoms with E-state index in [4.69, 9.17) is 0 Å². The van der Waals surface area contributed by atoms with Gasteiger partial charge in [0, 0.05) is 24.6 Å². The molecule has 2 atom stereocenters. The topological polar surface area (TPSA) is 86.8 Å². The van der Waals surface area contributed by atoms with Gasteiger partial charge in [0.05, 0.1) is 11.9 Å². The first-order chi connectivity index (χ1) is 18.5. The lowest BCUT2D eigenvalue weighted by Crippen LogP contribution is -2.54. The Hall–Kier alpha value is -3.72. The fraction of sp³-hybridized carbons (Fsp3) is 0.333. The van der Waals surface area contributed by atoms with E-state index >= 15 is 0 Å². The summed E-state index contributed by atoms with van der Waals surface area (Å²) in [4.78, 5) is 28.9. The molecule has 3 rings (SSSR count). The Kier molecular flexibility index (Phi) is 10.2. The highest BCUT2D eigenvalue weighted by Gasteiger charge is 2.33. The number of carbonyl (C=O) groups is 2. The SMILES string of the molecule is CCC(C)NC(=O)C(Cc1ccccc1)N(Cc1ccccc1F)C(=O)CN(c1cccc(C)c1)S(C)(=O)=O. The van der Waals surface area contributed by atoms with Crippen LogP contribution in [0, 0.1) is 12.7 Å². The van der Waals surface area contributed by atoms with Gasteiger partial charge in [-0.1, -0.05) is 67.6 Å². The van der Waals surface area contributed by atoms with E-state index in [9.17, 15) is 22.4 Å². The lowest BCUT2D eigenvalue weighted by atomic mass is 10.0. The summed E-state index contributed by atoms with van der Waals surface area (Å²) in [6.45, 7) is 4.88. The largest absolute Gasteiger partial charge is 0.352 e. The summed E-state index contributed by atoms with van der Waals surface area (Å²) in [5, 5.41) is 2.95. The number of carbonyl (C=O) groups excluding carboxylic acids is 2. The number of hydrogen-bond acceptors (Lipinski definition) is 4. The van der Waals surface area contributed by atoms with Gasteiger partial charge in [0.15, 0.2) is 0 Å². The normalized spacial score (nSPS) is 12.8. The summed E-state index contributed by atoms with van der Waals surface area (Å²) in [6, 6.07) is 20.9. The average Bonchev–Trinajstić information content (AvgIpc) is 2.89. The zero-order chi connectivity index (χ0) is 28.6. The van der Waals surface area contributed by atoms with Gasteiger partial charge in [0.25, 0.3) is 0 Å². The molecule has 2 amide bonds. The van der Waals surface area contributed by atoms with Crippen LogP contribution in [-0.2, 0) is 32.6 Å². The van der Waals surface area contributed by atoms with Crippen LogP contribution in [-0.4, -0.2) is 50.0 Å². The minimum atomic E-state index is -3.86. The molecule has 0 saturated heterocycles. The maximum atomic E-state index is 14.8. The predicted molar refractivity (Wildman–Crippen MR) is 152 cm³/mol. The van der Waals surface area contributed by atoms with Crippen LogP contribution in [0.1, 0.15) is 37.0 Å². The van der Waals surface area contributed by atoms with Gasteiger partial charge in [-0.05, 0) is 49.6 Å². The van der Waals surface area contributed by atoms with Crippen molar-refractivity contribution in [2.24, 2.45) is 0 Å². The van der Waals surface area contributed by atoms with Crippen LogP contribution in [0.15, 0.2) is 78.9 Å². The number of hydrogen-bond donors (Lipinski definition) is 1. The smallest absolute Gasteiger partial charge is 0.244 e. The molecule has 0 saturated carbocycles. The number of nitrogens with zero attached hydrogens (tertiary/aromatic N) is 2. The highest BCUT2D eigenvalue weighted by Crippen LogP contribution is 2.22. The number of anilines is 1. The minimum absolute atomic E-state index is 0.152. The molecule has 7 nitrogen and oxygen atoms in total. The lowest BCUT2D eigenvalue weighted by Gasteiger charge is -2.34. The van der Waals surface area contributed by atoms with Crippen molar-refractivity contribution in [3.63, 3.8) is 0 Å². The van der Waals surface area contributed by atoms with E-state index in [-0.39, 0.29) is 30.5 Å². The number of nitrogens with one attached hydrogen (secondary N) is 1. The molecule has 0 aliphatic carbocycles. The van der Waals surface area contributed by atoms with E-state index in [1.54, 1.807) is 36.4 Å². The highest BCUT2D eigenvalue weighted by atomic mass is 32.2. The number of aryl methyl sites for hydroxylation is 1. The van der Waals surface area contributed by atoms with Gasteiger partial charge in [-0.25, -0.2) is 12.8 Å². The maximum Gasteiger partial charge on any atom is 0.244 e. The zero-order valence-corrected chi connectivity index (χ0v) is 23.6. The van der Waals surface area contributed by atoms with Gasteiger partial charge in [-0.15, -0.1) is 0 Å². The van der Waals surface area contributed by atoms with Crippen LogP contribution in [0.2, 0.25) is 0 Å². The Morgan fingerprint density at radius 3 is 2.26 bits per heavy atom. The fourth-order valence-corrected chi connectivity index (χ4v) is 5.04. The molecule has 39 heavy (non-hydrogen) atoms. The molecule has 1 N–H and O–H groups in total. The maximum absolute atomic E-state index is 14.8. The van der Waals surface area contributed by atoms with Gasteiger partial charge < -0.3 is 10.2 Å². The molecule has 2 unspecified atom stereocenters. The van der Waals surface area contributed by atoms with Crippen molar-refractivity contribution in [3.8, 4) is 0 Å². The van der Waals surface area contributed by atoms with Crippen molar-refractivity contribution in [2.45, 2.75) is 52.2 Å². The first-order valence-corrected chi connectivity index (χ1v) is 14.8. The fourth-order valence-electron chi connectivity index (χ4n) is 4.20. The molecule has 0 bridgehead atoms. The Morgan fingerprint density at radius 2 is 1.64 bits per heavy atom. The van der Waals surface area contributed by atoms with Gasteiger partial charge >= 0.3 is 0 Å². The lowest BCUT2D eigenvalue weighted by molar-refractivity contribution is -0.140. The number of sulfonamides is 1. The van der Waals surface area contributed by atoms with E-state index in [0.717, 1.165) is 21.7 Å². The van der Waals surface area contributed by atoms with Crippen molar-refractivity contribution in [1.29, 1.82) is 0 Å². The van der Waals surface area contributed by atoms with E-state index in [1.165, 1.54) is 11.0 Å². The summed E-state index contributed by atoms with van der Waals surface area (Å²) >= 11 is 0. The van der Waals surface area contributed by atoms with Gasteiger partial charge in [0.2, 0.25) is 21.8 Å². The van der Waals surface area contributed by atoms with Crippen LogP contribution >= 0.6 is 0 Å². The van der Waals surface area contributed by atoms with Crippen molar-refractivity contribution in [3.05, 3.63) is 101 Å². The molecule has 0 aliphatic rings. The summed E-state index contributed by atoms with van der Waals surface area (Å²) in [5.74, 6) is -1.53. The van der Waals surface area contributed by atoms with Crippen LogP contribution in [0.25, 0.3) is 0 Å². The number of rotatable bonds is 12. The molecule has 0 aliphatic heterocycles. The van der Waals surface area contributed by atoms with E-state index in [2.05, 4.69) is 5.32 Å². The Labute approximate surface area is 230 Å². The van der Waals surface area contributed by atoms with Crippen molar-refractivity contribution in [2.75, 3.05) is 17.1 Å². The summed E-state index contributed by atoms with van der Waals surface area (Å²) in [5.41, 5.74) is 2.19. The second kappa shape index (κ2) is 13.4. The van der Waals surface area contributed by atoms with Crippen LogP contribution < -0.4 is 9.62 Å². The molecule has 208 valence electrons. The number of benzene rings is 3. The molecular formula is C30H36FN3O4S. The first-order valence-electron chi connectivity index (χ1n) is 12.9. The quantitative estimate of drug-likeness (QED) is 0.359. The molecule has 0 aromatic heterocycles. The Morgan fingerprint density at radius 1 is 0.974 bits per heavy atom. The monoisotopic (exact) mass is 553 g/mol. The van der Waals surface area contributed by atoms with E-state index < -0.39 is 34.3 Å². The third kappa shape index (κ3) is 8.38. The third-order valence-electron chi connectivity index (χ3n) is 6.54. The standard InChI is InChI=1S/C30H36FN3O4S/c1-5-23(3)32-30(36)28(19-24-13-7-6-8-14-24)33(20-25-15-9-10-17-27(25)31)29(35)21-34(39(4,37)38)26-16-11-12-22(2)18-26/h6-18,23,28H,5,19-21H2,1-4H3,(H,32,36). The zero-order valence-electron chi connectivity index (χ0n) is 22.8. The minimum Gasteiger partial charge on any atom is -0.352 e. The van der Waals surface area contributed by atoms with Crippen LogP contribution in [0.3, 0.4) is 0 Å². The molecule has 9 heteroatoms. The molecule has 0 fully saturated rings.